The third kappa shape index (κ3) is 3.65. The lowest BCUT2D eigenvalue weighted by Gasteiger charge is -2.11. The molecule has 1 heterocycles. The minimum absolute atomic E-state index is 0.106. The molecule has 0 radical (unpaired) electrons. The van der Waals surface area contributed by atoms with E-state index in [4.69, 9.17) is 21.1 Å². The zero-order valence-corrected chi connectivity index (χ0v) is 13.3. The molecule has 1 aromatic heterocycles. The summed E-state index contributed by atoms with van der Waals surface area (Å²) in [6.07, 6.45) is 1.43. The third-order valence-electron chi connectivity index (χ3n) is 3.06. The number of nitrogens with zero attached hydrogens (tertiary/aromatic N) is 2. The lowest BCUT2D eigenvalue weighted by molar-refractivity contribution is 0.0921. The van der Waals surface area contributed by atoms with Crippen molar-refractivity contribution in [1.29, 1.82) is 0 Å². The summed E-state index contributed by atoms with van der Waals surface area (Å²) in [5.74, 6) is 1.36. The predicted octanol–water partition coefficient (Wildman–Crippen LogP) is 2.75. The number of aryl methyl sites for hydroxylation is 1. The molecule has 116 valence electrons. The number of benzene rings is 1. The van der Waals surface area contributed by atoms with Gasteiger partial charge in [0.25, 0.3) is 0 Å². The first-order valence-electron chi connectivity index (χ1n) is 6.56. The number of rotatable bonds is 6. The van der Waals surface area contributed by atoms with Gasteiger partial charge in [0.05, 0.1) is 13.3 Å². The van der Waals surface area contributed by atoms with Crippen molar-refractivity contribution >= 4 is 23.2 Å². The van der Waals surface area contributed by atoms with Crippen LogP contribution in [0.15, 0.2) is 24.4 Å². The molecule has 0 unspecified atom stereocenters. The minimum Gasteiger partial charge on any atom is -0.497 e. The maximum atomic E-state index is 12.3. The first kappa shape index (κ1) is 16.0. The number of carbonyl (C=O) groups excluding carboxylic acids is 1. The molecule has 7 heteroatoms. The fourth-order valence-electron chi connectivity index (χ4n) is 1.93. The van der Waals surface area contributed by atoms with E-state index >= 15 is 0 Å². The largest absolute Gasteiger partial charge is 0.497 e. The molecule has 2 rings (SSSR count). The van der Waals surface area contributed by atoms with Crippen molar-refractivity contribution in [3.05, 3.63) is 40.8 Å². The van der Waals surface area contributed by atoms with Crippen LogP contribution in [0.4, 0.5) is 5.82 Å². The molecule has 6 nitrogen and oxygen atoms in total. The zero-order valence-electron chi connectivity index (χ0n) is 12.5. The van der Waals surface area contributed by atoms with Gasteiger partial charge in [-0.3, -0.25) is 4.79 Å². The van der Waals surface area contributed by atoms with Gasteiger partial charge in [0.1, 0.15) is 5.75 Å². The number of aromatic nitrogens is 2. The molecule has 1 N–H and O–H groups in total. The van der Waals surface area contributed by atoms with Crippen molar-refractivity contribution in [3.63, 3.8) is 0 Å². The molecule has 0 aliphatic heterocycles. The second-order valence-electron chi connectivity index (χ2n) is 4.49. The average Bonchev–Trinajstić information content (AvgIpc) is 2.53. The number of nitrogens with one attached hydrogen (secondary N) is 1. The van der Waals surface area contributed by atoms with Gasteiger partial charge >= 0.3 is 0 Å². The lowest BCUT2D eigenvalue weighted by Crippen LogP contribution is -2.14. The maximum Gasteiger partial charge on any atom is 0.224 e. The molecular formula is C15H16ClN3O3. The topological polar surface area (TPSA) is 73.3 Å². The van der Waals surface area contributed by atoms with E-state index in [-0.39, 0.29) is 17.7 Å². The number of ketones is 1. The Labute approximate surface area is 133 Å². The van der Waals surface area contributed by atoms with E-state index in [9.17, 15) is 4.79 Å². The summed E-state index contributed by atoms with van der Waals surface area (Å²) in [4.78, 5) is 20.1. The van der Waals surface area contributed by atoms with Gasteiger partial charge in [-0.25, -0.2) is 4.98 Å². The van der Waals surface area contributed by atoms with E-state index in [2.05, 4.69) is 15.3 Å². The van der Waals surface area contributed by atoms with Crippen LogP contribution in [-0.4, -0.2) is 36.5 Å². The highest BCUT2D eigenvalue weighted by Gasteiger charge is 2.13. The Morgan fingerprint density at radius 1 is 1.41 bits per heavy atom. The van der Waals surface area contributed by atoms with E-state index in [0.717, 1.165) is 5.56 Å². The molecule has 0 aliphatic rings. The van der Waals surface area contributed by atoms with Crippen molar-refractivity contribution in [1.82, 2.24) is 9.97 Å². The Hall–Kier alpha value is -2.34. The van der Waals surface area contributed by atoms with Crippen molar-refractivity contribution in [2.24, 2.45) is 0 Å². The van der Waals surface area contributed by atoms with Crippen LogP contribution in [0.3, 0.4) is 0 Å². The normalized spacial score (nSPS) is 10.2. The van der Waals surface area contributed by atoms with Crippen LogP contribution < -0.4 is 14.8 Å². The molecule has 22 heavy (non-hydrogen) atoms. The van der Waals surface area contributed by atoms with Crippen LogP contribution in [0.1, 0.15) is 15.9 Å². The molecule has 1 aromatic carbocycles. The standard InChI is InChI=1S/C15H16ClN3O3/c1-9-6-10(21-3)4-5-11(9)12(20)8-22-13-7-18-15(16)19-14(13)17-2/h4-7H,8H2,1-3H3,(H,17,18,19). The van der Waals surface area contributed by atoms with Crippen molar-refractivity contribution in [2.45, 2.75) is 6.92 Å². The molecule has 0 spiro atoms. The van der Waals surface area contributed by atoms with Crippen LogP contribution in [-0.2, 0) is 0 Å². The second-order valence-corrected chi connectivity index (χ2v) is 4.83. The SMILES string of the molecule is CNc1nc(Cl)ncc1OCC(=O)c1ccc(OC)cc1C. The Balaban J connectivity index is 2.10. The van der Waals surface area contributed by atoms with Crippen LogP contribution >= 0.6 is 11.6 Å². The number of ether oxygens (including phenoxy) is 2. The Kier molecular flexibility index (Phi) is 5.16. The fourth-order valence-corrected chi connectivity index (χ4v) is 2.06. The molecule has 0 aliphatic carbocycles. The average molecular weight is 322 g/mol. The summed E-state index contributed by atoms with van der Waals surface area (Å²) in [6.45, 7) is 1.73. The number of anilines is 1. The van der Waals surface area contributed by atoms with E-state index in [1.807, 2.05) is 6.92 Å². The van der Waals surface area contributed by atoms with E-state index in [1.165, 1.54) is 6.20 Å². The van der Waals surface area contributed by atoms with Gasteiger partial charge in [-0.05, 0) is 42.3 Å². The molecule has 0 saturated heterocycles. The summed E-state index contributed by atoms with van der Waals surface area (Å²) < 4.78 is 10.6. The smallest absolute Gasteiger partial charge is 0.224 e. The molecule has 0 fully saturated rings. The van der Waals surface area contributed by atoms with Crippen LogP contribution in [0, 0.1) is 6.92 Å². The van der Waals surface area contributed by atoms with Gasteiger partial charge < -0.3 is 14.8 Å². The Morgan fingerprint density at radius 2 is 2.18 bits per heavy atom. The zero-order chi connectivity index (χ0) is 16.1. The van der Waals surface area contributed by atoms with Gasteiger partial charge in [-0.1, -0.05) is 0 Å². The Bertz CT molecular complexity index is 692. The second kappa shape index (κ2) is 7.09. The number of halogens is 1. The molecular weight excluding hydrogens is 306 g/mol. The molecule has 0 atom stereocenters. The van der Waals surface area contributed by atoms with E-state index in [1.54, 1.807) is 32.4 Å². The number of hydrogen-bond acceptors (Lipinski definition) is 6. The predicted molar refractivity (Wildman–Crippen MR) is 84.1 cm³/mol. The number of methoxy groups -OCH3 is 1. The molecule has 0 bridgehead atoms. The van der Waals surface area contributed by atoms with Crippen LogP contribution in [0.25, 0.3) is 0 Å². The Morgan fingerprint density at radius 3 is 2.82 bits per heavy atom. The van der Waals surface area contributed by atoms with Crippen molar-refractivity contribution in [3.8, 4) is 11.5 Å². The fraction of sp³-hybridized carbons (Fsp3) is 0.267. The van der Waals surface area contributed by atoms with Crippen molar-refractivity contribution < 1.29 is 14.3 Å². The quantitative estimate of drug-likeness (QED) is 0.651. The molecule has 2 aromatic rings. The number of Topliss-reactive ketones (excluding diaryl/α,β-unsaturated/α-hetero) is 1. The first-order valence-corrected chi connectivity index (χ1v) is 6.94. The number of hydrogen-bond donors (Lipinski definition) is 1. The third-order valence-corrected chi connectivity index (χ3v) is 3.24. The summed E-state index contributed by atoms with van der Waals surface area (Å²) in [5.41, 5.74) is 1.41. The number of carbonyl (C=O) groups is 1. The van der Waals surface area contributed by atoms with Gasteiger partial charge in [-0.15, -0.1) is 0 Å². The van der Waals surface area contributed by atoms with Crippen molar-refractivity contribution in [2.75, 3.05) is 26.1 Å². The summed E-state index contributed by atoms with van der Waals surface area (Å²) in [6, 6.07) is 5.26. The first-order chi connectivity index (χ1) is 10.5. The highest BCUT2D eigenvalue weighted by molar-refractivity contribution is 6.28. The lowest BCUT2D eigenvalue weighted by atomic mass is 10.0. The highest BCUT2D eigenvalue weighted by Crippen LogP contribution is 2.22. The molecule has 0 amide bonds. The van der Waals surface area contributed by atoms with Gasteiger partial charge in [0.15, 0.2) is 24.0 Å². The summed E-state index contributed by atoms with van der Waals surface area (Å²) in [5, 5.41) is 2.94. The van der Waals surface area contributed by atoms with Crippen LogP contribution in [0.5, 0.6) is 11.5 Å². The van der Waals surface area contributed by atoms with Crippen LogP contribution in [0.2, 0.25) is 5.28 Å². The monoisotopic (exact) mass is 321 g/mol. The van der Waals surface area contributed by atoms with Gasteiger partial charge in [0, 0.05) is 12.6 Å². The molecule has 0 saturated carbocycles. The summed E-state index contributed by atoms with van der Waals surface area (Å²) in [7, 11) is 3.26. The minimum atomic E-state index is -0.142. The van der Waals surface area contributed by atoms with E-state index in [0.29, 0.717) is 22.9 Å². The summed E-state index contributed by atoms with van der Waals surface area (Å²) >= 11 is 5.71. The van der Waals surface area contributed by atoms with Gasteiger partial charge in [-0.2, -0.15) is 4.98 Å². The maximum absolute atomic E-state index is 12.3. The highest BCUT2D eigenvalue weighted by atomic mass is 35.5. The van der Waals surface area contributed by atoms with Gasteiger partial charge in [0.2, 0.25) is 5.28 Å². The van der Waals surface area contributed by atoms with E-state index < -0.39 is 0 Å².